The summed E-state index contributed by atoms with van der Waals surface area (Å²) in [6, 6.07) is 9.88. The molecule has 4 heteroatoms. The van der Waals surface area contributed by atoms with E-state index in [0.717, 1.165) is 11.1 Å². The summed E-state index contributed by atoms with van der Waals surface area (Å²) < 4.78 is 17.7. The van der Waals surface area contributed by atoms with Crippen molar-refractivity contribution < 1.29 is 19.0 Å². The third kappa shape index (κ3) is 1.47. The second-order valence-corrected chi connectivity index (χ2v) is 6.22. The average Bonchev–Trinajstić information content (AvgIpc) is 3.24. The van der Waals surface area contributed by atoms with Gasteiger partial charge in [-0.3, -0.25) is 4.79 Å². The van der Waals surface area contributed by atoms with Crippen molar-refractivity contribution in [3.8, 4) is 0 Å². The molecule has 0 saturated carbocycles. The van der Waals surface area contributed by atoms with E-state index in [1.54, 1.807) is 0 Å². The Hall–Kier alpha value is -1.49. The SMILES string of the molecule is O=C1C(c2ccccc2)=C[C@H]2[C@@H]1[C@@H]1CC3(OCCO3)[C@H]2O1. The van der Waals surface area contributed by atoms with Gasteiger partial charge in [-0.2, -0.15) is 0 Å². The highest BCUT2D eigenvalue weighted by Crippen LogP contribution is 2.56. The summed E-state index contributed by atoms with van der Waals surface area (Å²) in [5.41, 5.74) is 1.83. The Bertz CT molecular complexity index is 629. The number of hydrogen-bond acceptors (Lipinski definition) is 4. The molecule has 2 bridgehead atoms. The molecule has 5 rings (SSSR count). The predicted octanol–water partition coefficient (Wildman–Crippen LogP) is 1.80. The van der Waals surface area contributed by atoms with Crippen LogP contribution in [0.2, 0.25) is 0 Å². The summed E-state index contributed by atoms with van der Waals surface area (Å²) in [6.07, 6.45) is 2.56. The van der Waals surface area contributed by atoms with Crippen LogP contribution in [-0.2, 0) is 19.0 Å². The summed E-state index contributed by atoms with van der Waals surface area (Å²) in [4.78, 5) is 12.8. The zero-order chi connectivity index (χ0) is 14.0. The van der Waals surface area contributed by atoms with Crippen molar-refractivity contribution in [1.29, 1.82) is 0 Å². The summed E-state index contributed by atoms with van der Waals surface area (Å²) in [7, 11) is 0. The second-order valence-electron chi connectivity index (χ2n) is 6.22. The van der Waals surface area contributed by atoms with Gasteiger partial charge >= 0.3 is 0 Å². The highest BCUT2D eigenvalue weighted by molar-refractivity contribution is 6.24. The zero-order valence-corrected chi connectivity index (χ0v) is 11.5. The van der Waals surface area contributed by atoms with Crippen LogP contribution < -0.4 is 0 Å². The van der Waals surface area contributed by atoms with Gasteiger partial charge in [0.2, 0.25) is 0 Å². The van der Waals surface area contributed by atoms with Crippen LogP contribution in [0.25, 0.3) is 5.57 Å². The number of fused-ring (bicyclic) bond motifs is 6. The van der Waals surface area contributed by atoms with Gasteiger partial charge in [0.1, 0.15) is 6.10 Å². The third-order valence-corrected chi connectivity index (χ3v) is 5.19. The lowest BCUT2D eigenvalue weighted by atomic mass is 9.77. The van der Waals surface area contributed by atoms with E-state index in [4.69, 9.17) is 14.2 Å². The third-order valence-electron chi connectivity index (χ3n) is 5.19. The Kier molecular flexibility index (Phi) is 2.32. The molecule has 3 saturated heterocycles. The smallest absolute Gasteiger partial charge is 0.198 e. The molecule has 0 N–H and O–H groups in total. The molecule has 1 spiro atoms. The normalized spacial score (nSPS) is 39.0. The Morgan fingerprint density at radius 1 is 1.10 bits per heavy atom. The number of allylic oxidation sites excluding steroid dienone is 1. The molecule has 108 valence electrons. The minimum atomic E-state index is -0.602. The van der Waals surface area contributed by atoms with Gasteiger partial charge in [0.25, 0.3) is 0 Å². The lowest BCUT2D eigenvalue weighted by Gasteiger charge is -2.33. The van der Waals surface area contributed by atoms with Crippen molar-refractivity contribution in [1.82, 2.24) is 0 Å². The van der Waals surface area contributed by atoms with Crippen LogP contribution >= 0.6 is 0 Å². The maximum absolute atomic E-state index is 12.8. The van der Waals surface area contributed by atoms with Gasteiger partial charge in [0.05, 0.1) is 25.2 Å². The molecular weight excluding hydrogens is 268 g/mol. The van der Waals surface area contributed by atoms with Crippen molar-refractivity contribution in [2.45, 2.75) is 24.4 Å². The number of Topliss-reactive ketones (excluding diaryl/α,β-unsaturated/α-hetero) is 1. The Morgan fingerprint density at radius 3 is 2.62 bits per heavy atom. The van der Waals surface area contributed by atoms with Crippen molar-refractivity contribution in [3.05, 3.63) is 42.0 Å². The van der Waals surface area contributed by atoms with Gasteiger partial charge in [-0.25, -0.2) is 0 Å². The summed E-state index contributed by atoms with van der Waals surface area (Å²) in [5.74, 6) is -0.353. The van der Waals surface area contributed by atoms with E-state index in [1.807, 2.05) is 30.3 Å². The van der Waals surface area contributed by atoms with Gasteiger partial charge in [0, 0.05) is 17.9 Å². The van der Waals surface area contributed by atoms with E-state index < -0.39 is 5.79 Å². The summed E-state index contributed by atoms with van der Waals surface area (Å²) in [5, 5.41) is 0. The minimum Gasteiger partial charge on any atom is -0.368 e. The van der Waals surface area contributed by atoms with Gasteiger partial charge in [-0.05, 0) is 5.56 Å². The maximum atomic E-state index is 12.8. The molecule has 4 nitrogen and oxygen atoms in total. The highest BCUT2D eigenvalue weighted by atomic mass is 16.8. The fourth-order valence-electron chi connectivity index (χ4n) is 4.37. The number of rotatable bonds is 1. The molecule has 3 heterocycles. The molecule has 4 aliphatic rings. The monoisotopic (exact) mass is 284 g/mol. The molecule has 3 fully saturated rings. The molecule has 0 aromatic heterocycles. The quantitative estimate of drug-likeness (QED) is 0.789. The molecule has 0 radical (unpaired) electrons. The molecule has 0 unspecified atom stereocenters. The minimum absolute atomic E-state index is 0.0522. The van der Waals surface area contributed by atoms with Crippen LogP contribution in [0.15, 0.2) is 36.4 Å². The second kappa shape index (κ2) is 4.03. The lowest BCUT2D eigenvalue weighted by Crippen LogP contribution is -2.47. The Balaban J connectivity index is 1.54. The molecule has 21 heavy (non-hydrogen) atoms. The van der Waals surface area contributed by atoms with Crippen LogP contribution in [0.4, 0.5) is 0 Å². The molecule has 0 amide bonds. The van der Waals surface area contributed by atoms with E-state index in [1.165, 1.54) is 0 Å². The standard InChI is InChI=1S/C17H16O4/c18-15-11(10-4-2-1-3-5-10)8-12-14(15)13-9-17(16(12)21-13)19-6-7-20-17/h1-5,8,12-14,16H,6-7,9H2/t12-,13-,14+,16-/m0/s1. The first-order valence-electron chi connectivity index (χ1n) is 7.53. The first-order chi connectivity index (χ1) is 10.3. The van der Waals surface area contributed by atoms with E-state index in [-0.39, 0.29) is 29.8 Å². The number of carbonyl (C=O) groups excluding carboxylic acids is 1. The molecule has 1 aromatic carbocycles. The van der Waals surface area contributed by atoms with E-state index in [2.05, 4.69) is 6.08 Å². The van der Waals surface area contributed by atoms with Crippen molar-refractivity contribution in [2.24, 2.45) is 11.8 Å². The van der Waals surface area contributed by atoms with Gasteiger partial charge in [0.15, 0.2) is 11.6 Å². The van der Waals surface area contributed by atoms with Crippen LogP contribution in [0.5, 0.6) is 0 Å². The van der Waals surface area contributed by atoms with Crippen LogP contribution in [0.1, 0.15) is 12.0 Å². The topological polar surface area (TPSA) is 44.8 Å². The van der Waals surface area contributed by atoms with Gasteiger partial charge < -0.3 is 14.2 Å². The first kappa shape index (κ1) is 12.1. The maximum Gasteiger partial charge on any atom is 0.198 e. The van der Waals surface area contributed by atoms with Crippen LogP contribution in [0.3, 0.4) is 0 Å². The molecule has 3 aliphatic heterocycles. The summed E-state index contributed by atoms with van der Waals surface area (Å²) in [6.45, 7) is 1.24. The molecular formula is C17H16O4. The molecule has 4 atom stereocenters. The zero-order valence-electron chi connectivity index (χ0n) is 11.5. The Labute approximate surface area is 122 Å². The van der Waals surface area contributed by atoms with Crippen molar-refractivity contribution in [2.75, 3.05) is 13.2 Å². The average molecular weight is 284 g/mol. The number of benzene rings is 1. The highest BCUT2D eigenvalue weighted by Gasteiger charge is 2.67. The van der Waals surface area contributed by atoms with Crippen molar-refractivity contribution >= 4 is 11.4 Å². The van der Waals surface area contributed by atoms with Crippen LogP contribution in [-0.4, -0.2) is 37.0 Å². The summed E-state index contributed by atoms with van der Waals surface area (Å²) >= 11 is 0. The predicted molar refractivity (Wildman–Crippen MR) is 74.3 cm³/mol. The number of hydrogen-bond donors (Lipinski definition) is 0. The molecule has 1 aliphatic carbocycles. The van der Waals surface area contributed by atoms with Crippen molar-refractivity contribution in [3.63, 3.8) is 0 Å². The number of ketones is 1. The first-order valence-corrected chi connectivity index (χ1v) is 7.53. The number of ether oxygens (including phenoxy) is 3. The fourth-order valence-corrected chi connectivity index (χ4v) is 4.37. The van der Waals surface area contributed by atoms with Gasteiger partial charge in [-0.15, -0.1) is 0 Å². The van der Waals surface area contributed by atoms with Gasteiger partial charge in [-0.1, -0.05) is 36.4 Å². The fraction of sp³-hybridized carbons (Fsp3) is 0.471. The molecule has 1 aromatic rings. The van der Waals surface area contributed by atoms with Crippen LogP contribution in [0, 0.1) is 11.8 Å². The van der Waals surface area contributed by atoms with E-state index in [0.29, 0.717) is 19.6 Å². The number of carbonyl (C=O) groups is 1. The van der Waals surface area contributed by atoms with E-state index >= 15 is 0 Å². The Morgan fingerprint density at radius 2 is 1.86 bits per heavy atom. The largest absolute Gasteiger partial charge is 0.368 e. The van der Waals surface area contributed by atoms with E-state index in [9.17, 15) is 4.79 Å². The lowest BCUT2D eigenvalue weighted by molar-refractivity contribution is -0.196.